The summed E-state index contributed by atoms with van der Waals surface area (Å²) in [5, 5.41) is 2.70. The molecule has 2 amide bonds. The zero-order valence-electron chi connectivity index (χ0n) is 14.0. The molecule has 0 spiro atoms. The number of Topliss-reactive ketones (excluding diaryl/α,β-unsaturated/α-hetero) is 1. The number of nitrogens with one attached hydrogen (secondary N) is 1. The summed E-state index contributed by atoms with van der Waals surface area (Å²) >= 11 is 0. The quantitative estimate of drug-likeness (QED) is 0.870. The van der Waals surface area contributed by atoms with E-state index in [1.807, 2.05) is 12.1 Å². The first-order chi connectivity index (χ1) is 12.0. The molecule has 0 aromatic heterocycles. The van der Waals surface area contributed by atoms with Crippen molar-refractivity contribution >= 4 is 29.0 Å². The lowest BCUT2D eigenvalue weighted by Gasteiger charge is -2.31. The van der Waals surface area contributed by atoms with Crippen molar-refractivity contribution in [2.24, 2.45) is 0 Å². The summed E-state index contributed by atoms with van der Waals surface area (Å²) in [6.07, 6.45) is -0.988. The zero-order chi connectivity index (χ0) is 18.0. The van der Waals surface area contributed by atoms with Crippen molar-refractivity contribution in [1.29, 1.82) is 0 Å². The minimum atomic E-state index is -0.879. The average molecular weight is 338 g/mol. The predicted molar refractivity (Wildman–Crippen MR) is 94.0 cm³/mol. The van der Waals surface area contributed by atoms with Gasteiger partial charge in [0.05, 0.1) is 12.1 Å². The van der Waals surface area contributed by atoms with Crippen LogP contribution in [0, 0.1) is 0 Å². The molecule has 128 valence electrons. The summed E-state index contributed by atoms with van der Waals surface area (Å²) < 4.78 is 5.68. The van der Waals surface area contributed by atoms with Gasteiger partial charge in [-0.1, -0.05) is 24.3 Å². The Morgan fingerprint density at radius 3 is 2.68 bits per heavy atom. The molecule has 0 radical (unpaired) electrons. The van der Waals surface area contributed by atoms with Gasteiger partial charge in [0.15, 0.2) is 11.9 Å². The fourth-order valence-electron chi connectivity index (χ4n) is 2.70. The highest BCUT2D eigenvalue weighted by molar-refractivity contribution is 6.03. The van der Waals surface area contributed by atoms with Crippen LogP contribution in [-0.4, -0.2) is 30.7 Å². The molecule has 0 fully saturated rings. The lowest BCUT2D eigenvalue weighted by molar-refractivity contribution is -0.130. The number of fused-ring (bicyclic) bond motifs is 1. The molecule has 3 rings (SSSR count). The van der Waals surface area contributed by atoms with Gasteiger partial charge >= 0.3 is 0 Å². The van der Waals surface area contributed by atoms with Crippen LogP contribution in [0.25, 0.3) is 0 Å². The molecule has 1 heterocycles. The first-order valence-corrected chi connectivity index (χ1v) is 7.90. The molecule has 1 N–H and O–H groups in total. The Hall–Kier alpha value is -3.15. The molecular weight excluding hydrogens is 320 g/mol. The summed E-state index contributed by atoms with van der Waals surface area (Å²) in [5.74, 6) is -0.140. The van der Waals surface area contributed by atoms with Gasteiger partial charge in [-0.3, -0.25) is 14.4 Å². The maximum atomic E-state index is 12.4. The number of carbonyl (C=O) groups excluding carboxylic acids is 3. The van der Waals surface area contributed by atoms with Gasteiger partial charge in [-0.2, -0.15) is 0 Å². The normalized spacial score (nSPS) is 16.0. The van der Waals surface area contributed by atoms with Crippen molar-refractivity contribution in [2.45, 2.75) is 19.4 Å². The second kappa shape index (κ2) is 6.76. The number of amides is 2. The topological polar surface area (TPSA) is 75.7 Å². The summed E-state index contributed by atoms with van der Waals surface area (Å²) in [6.45, 7) is 1.46. The van der Waals surface area contributed by atoms with Crippen LogP contribution in [0.4, 0.5) is 11.4 Å². The molecular formula is C19H18N2O4. The van der Waals surface area contributed by atoms with Gasteiger partial charge in [0.1, 0.15) is 5.75 Å². The molecule has 1 unspecified atom stereocenters. The molecule has 2 aromatic rings. The van der Waals surface area contributed by atoms with Crippen molar-refractivity contribution in [3.8, 4) is 5.75 Å². The molecule has 1 aliphatic rings. The Bertz CT molecular complexity index is 847. The van der Waals surface area contributed by atoms with Crippen LogP contribution in [0.5, 0.6) is 5.75 Å². The van der Waals surface area contributed by atoms with Crippen molar-refractivity contribution in [2.75, 3.05) is 17.3 Å². The van der Waals surface area contributed by atoms with Crippen LogP contribution in [-0.2, 0) is 9.59 Å². The number of anilines is 2. The Balaban J connectivity index is 1.70. The highest BCUT2D eigenvalue weighted by Crippen LogP contribution is 2.33. The van der Waals surface area contributed by atoms with E-state index < -0.39 is 6.10 Å². The molecule has 6 nitrogen and oxygen atoms in total. The maximum absolute atomic E-state index is 12.4. The molecule has 0 aliphatic carbocycles. The van der Waals surface area contributed by atoms with Crippen molar-refractivity contribution in [3.05, 3.63) is 54.1 Å². The van der Waals surface area contributed by atoms with E-state index in [0.717, 1.165) is 0 Å². The third-order valence-corrected chi connectivity index (χ3v) is 4.03. The van der Waals surface area contributed by atoms with E-state index in [-0.39, 0.29) is 24.0 Å². The lowest BCUT2D eigenvalue weighted by Crippen LogP contribution is -2.45. The molecule has 25 heavy (non-hydrogen) atoms. The van der Waals surface area contributed by atoms with E-state index in [4.69, 9.17) is 4.74 Å². The predicted octanol–water partition coefficient (Wildman–Crippen LogP) is 2.64. The minimum absolute atomic E-state index is 0.0832. The maximum Gasteiger partial charge on any atom is 0.268 e. The number of rotatable bonds is 4. The number of ketones is 1. The summed E-state index contributed by atoms with van der Waals surface area (Å²) in [6, 6.07) is 13.8. The number of ether oxygens (including phenoxy) is 1. The fourth-order valence-corrected chi connectivity index (χ4v) is 2.70. The van der Waals surface area contributed by atoms with Crippen LogP contribution in [0.2, 0.25) is 0 Å². The fraction of sp³-hybridized carbons (Fsp3) is 0.211. The second-order valence-electron chi connectivity index (χ2n) is 5.86. The number of likely N-dealkylation sites (N-methyl/N-ethyl adjacent to an activating group) is 1. The second-order valence-corrected chi connectivity index (χ2v) is 5.86. The average Bonchev–Trinajstić information content (AvgIpc) is 2.59. The molecule has 2 aromatic carbocycles. The third-order valence-electron chi connectivity index (χ3n) is 4.03. The van der Waals surface area contributed by atoms with Gasteiger partial charge in [0.2, 0.25) is 5.91 Å². The number of para-hydroxylation sites is 2. The van der Waals surface area contributed by atoms with Crippen LogP contribution in [0.1, 0.15) is 23.7 Å². The largest absolute Gasteiger partial charge is 0.478 e. The number of hydrogen-bond donors (Lipinski definition) is 1. The number of hydrogen-bond acceptors (Lipinski definition) is 4. The number of benzene rings is 2. The molecule has 0 saturated carbocycles. The highest BCUT2D eigenvalue weighted by atomic mass is 16.5. The lowest BCUT2D eigenvalue weighted by atomic mass is 10.1. The van der Waals surface area contributed by atoms with Gasteiger partial charge in [-0.05, 0) is 31.2 Å². The van der Waals surface area contributed by atoms with Gasteiger partial charge in [-0.25, -0.2) is 0 Å². The highest BCUT2D eigenvalue weighted by Gasteiger charge is 2.33. The first kappa shape index (κ1) is 16.7. The van der Waals surface area contributed by atoms with E-state index in [9.17, 15) is 14.4 Å². The molecule has 6 heteroatoms. The van der Waals surface area contributed by atoms with Crippen LogP contribution >= 0.6 is 0 Å². The summed E-state index contributed by atoms with van der Waals surface area (Å²) in [5.41, 5.74) is 1.70. The third kappa shape index (κ3) is 3.52. The number of nitrogens with zero attached hydrogens (tertiary/aromatic N) is 1. The minimum Gasteiger partial charge on any atom is -0.478 e. The van der Waals surface area contributed by atoms with Crippen molar-refractivity contribution < 1.29 is 19.1 Å². The van der Waals surface area contributed by atoms with Crippen LogP contribution in [0.3, 0.4) is 0 Å². The Labute approximate surface area is 145 Å². The van der Waals surface area contributed by atoms with E-state index in [2.05, 4.69) is 5.32 Å². The first-order valence-electron chi connectivity index (χ1n) is 7.90. The summed E-state index contributed by atoms with van der Waals surface area (Å²) in [4.78, 5) is 37.6. The van der Waals surface area contributed by atoms with E-state index in [0.29, 0.717) is 22.7 Å². The molecule has 0 saturated heterocycles. The molecule has 1 aliphatic heterocycles. The Kier molecular flexibility index (Phi) is 4.52. The monoisotopic (exact) mass is 338 g/mol. The molecule has 0 bridgehead atoms. The van der Waals surface area contributed by atoms with Gasteiger partial charge in [0, 0.05) is 18.3 Å². The summed E-state index contributed by atoms with van der Waals surface area (Å²) in [7, 11) is 1.66. The van der Waals surface area contributed by atoms with Crippen LogP contribution < -0.4 is 15.0 Å². The van der Waals surface area contributed by atoms with Gasteiger partial charge in [0.25, 0.3) is 5.91 Å². The Morgan fingerprint density at radius 2 is 1.92 bits per heavy atom. The van der Waals surface area contributed by atoms with Crippen molar-refractivity contribution in [3.63, 3.8) is 0 Å². The van der Waals surface area contributed by atoms with Crippen molar-refractivity contribution in [1.82, 2.24) is 0 Å². The SMILES string of the molecule is CC(=O)c1cccc(NC(=O)CC2Oc3ccccc3N(C)C2=O)c1. The van der Waals surface area contributed by atoms with Gasteiger partial charge in [-0.15, -0.1) is 0 Å². The van der Waals surface area contributed by atoms with E-state index in [1.165, 1.54) is 11.8 Å². The smallest absolute Gasteiger partial charge is 0.268 e. The van der Waals surface area contributed by atoms with E-state index >= 15 is 0 Å². The number of carbonyl (C=O) groups is 3. The standard InChI is InChI=1S/C19H18N2O4/c1-12(22)13-6-5-7-14(10-13)20-18(23)11-17-19(24)21(2)15-8-3-4-9-16(15)25-17/h3-10,17H,11H2,1-2H3,(H,20,23). The zero-order valence-corrected chi connectivity index (χ0v) is 14.0. The van der Waals surface area contributed by atoms with E-state index in [1.54, 1.807) is 43.4 Å². The molecule has 1 atom stereocenters. The van der Waals surface area contributed by atoms with Gasteiger partial charge < -0.3 is 15.0 Å². The Morgan fingerprint density at radius 1 is 1.16 bits per heavy atom. The van der Waals surface area contributed by atoms with Crippen LogP contribution in [0.15, 0.2) is 48.5 Å².